The topological polar surface area (TPSA) is 34.9 Å². The van der Waals surface area contributed by atoms with Crippen LogP contribution in [0.3, 0.4) is 0 Å². The molecule has 0 aliphatic carbocycles. The van der Waals surface area contributed by atoms with Gasteiger partial charge in [0, 0.05) is 25.2 Å². The Labute approximate surface area is 105 Å². The number of benzene rings is 1. The Morgan fingerprint density at radius 1 is 1.44 bits per heavy atom. The summed E-state index contributed by atoms with van der Waals surface area (Å²) in [6.07, 6.45) is 4.72. The molecular weight excluding hydrogens is 231 g/mol. The highest BCUT2D eigenvalue weighted by atomic mass is 19.1. The molecule has 1 heterocycles. The van der Waals surface area contributed by atoms with Crippen molar-refractivity contribution in [1.82, 2.24) is 9.78 Å². The number of halogens is 1. The van der Waals surface area contributed by atoms with Crippen LogP contribution in [-0.4, -0.2) is 15.6 Å². The zero-order valence-corrected chi connectivity index (χ0v) is 10.5. The number of hydrogen-bond acceptors (Lipinski definition) is 2. The van der Waals surface area contributed by atoms with Gasteiger partial charge in [0.1, 0.15) is 5.82 Å². The minimum Gasteiger partial charge on any atom is -0.294 e. The quantitative estimate of drug-likeness (QED) is 0.777. The van der Waals surface area contributed by atoms with Gasteiger partial charge in [0.25, 0.3) is 0 Å². The van der Waals surface area contributed by atoms with Crippen LogP contribution in [0.5, 0.6) is 0 Å². The molecule has 0 fully saturated rings. The standard InChI is InChI=1S/C14H15FN2O/c1-10-7-12(15)4-5-13(10)14(18)6-3-11-8-16-17(2)9-11/h4-5,7-9H,3,6H2,1-2H3. The van der Waals surface area contributed by atoms with Crippen molar-refractivity contribution in [3.63, 3.8) is 0 Å². The number of aryl methyl sites for hydroxylation is 3. The Hall–Kier alpha value is -1.97. The van der Waals surface area contributed by atoms with Crippen LogP contribution < -0.4 is 0 Å². The summed E-state index contributed by atoms with van der Waals surface area (Å²) in [6, 6.07) is 4.26. The van der Waals surface area contributed by atoms with Gasteiger partial charge in [-0.15, -0.1) is 0 Å². The molecule has 0 amide bonds. The van der Waals surface area contributed by atoms with E-state index in [1.165, 1.54) is 12.1 Å². The number of carbonyl (C=O) groups is 1. The molecule has 4 heteroatoms. The Morgan fingerprint density at radius 2 is 2.22 bits per heavy atom. The van der Waals surface area contributed by atoms with Crippen LogP contribution in [0.2, 0.25) is 0 Å². The third-order valence-corrected chi connectivity index (χ3v) is 2.89. The average Bonchev–Trinajstić information content (AvgIpc) is 2.72. The maximum absolute atomic E-state index is 12.9. The molecular formula is C14H15FN2O. The summed E-state index contributed by atoms with van der Waals surface area (Å²) in [5.41, 5.74) is 2.32. The van der Waals surface area contributed by atoms with E-state index in [-0.39, 0.29) is 11.6 Å². The zero-order valence-electron chi connectivity index (χ0n) is 10.5. The lowest BCUT2D eigenvalue weighted by Crippen LogP contribution is -2.03. The third kappa shape index (κ3) is 2.83. The summed E-state index contributed by atoms with van der Waals surface area (Å²) >= 11 is 0. The first-order valence-electron chi connectivity index (χ1n) is 5.83. The van der Waals surface area contributed by atoms with Crippen LogP contribution in [0.25, 0.3) is 0 Å². The van der Waals surface area contributed by atoms with Crippen LogP contribution in [0, 0.1) is 12.7 Å². The average molecular weight is 246 g/mol. The Morgan fingerprint density at radius 3 is 2.83 bits per heavy atom. The van der Waals surface area contributed by atoms with Crippen molar-refractivity contribution in [3.8, 4) is 0 Å². The SMILES string of the molecule is Cc1cc(F)ccc1C(=O)CCc1cnn(C)c1. The fourth-order valence-corrected chi connectivity index (χ4v) is 1.93. The third-order valence-electron chi connectivity index (χ3n) is 2.89. The largest absolute Gasteiger partial charge is 0.294 e. The van der Waals surface area contributed by atoms with Gasteiger partial charge in [0.15, 0.2) is 5.78 Å². The first kappa shape index (κ1) is 12.5. The van der Waals surface area contributed by atoms with Gasteiger partial charge in [0.2, 0.25) is 0 Å². The Balaban J connectivity index is 2.03. The lowest BCUT2D eigenvalue weighted by molar-refractivity contribution is 0.0982. The van der Waals surface area contributed by atoms with Gasteiger partial charge in [0.05, 0.1) is 6.20 Å². The second kappa shape index (κ2) is 5.12. The van der Waals surface area contributed by atoms with Gasteiger partial charge >= 0.3 is 0 Å². The fourth-order valence-electron chi connectivity index (χ4n) is 1.93. The molecule has 0 bridgehead atoms. The van der Waals surface area contributed by atoms with Crippen LogP contribution in [-0.2, 0) is 13.5 Å². The highest BCUT2D eigenvalue weighted by Gasteiger charge is 2.10. The second-order valence-corrected chi connectivity index (χ2v) is 4.40. The molecule has 3 nitrogen and oxygen atoms in total. The minimum atomic E-state index is -0.309. The number of nitrogens with zero attached hydrogens (tertiary/aromatic N) is 2. The smallest absolute Gasteiger partial charge is 0.163 e. The van der Waals surface area contributed by atoms with Crippen molar-refractivity contribution in [2.24, 2.45) is 7.05 Å². The molecule has 1 aromatic carbocycles. The molecule has 0 aliphatic heterocycles. The highest BCUT2D eigenvalue weighted by Crippen LogP contribution is 2.14. The number of rotatable bonds is 4. The number of hydrogen-bond donors (Lipinski definition) is 0. The molecule has 0 aliphatic rings. The van der Waals surface area contributed by atoms with E-state index in [4.69, 9.17) is 0 Å². The molecule has 0 atom stereocenters. The summed E-state index contributed by atoms with van der Waals surface area (Å²) in [6.45, 7) is 1.75. The van der Waals surface area contributed by atoms with Crippen LogP contribution in [0.1, 0.15) is 27.9 Å². The monoisotopic (exact) mass is 246 g/mol. The zero-order chi connectivity index (χ0) is 13.1. The molecule has 18 heavy (non-hydrogen) atoms. The van der Waals surface area contributed by atoms with E-state index in [0.29, 0.717) is 24.0 Å². The van der Waals surface area contributed by atoms with Crippen LogP contribution in [0.4, 0.5) is 4.39 Å². The summed E-state index contributed by atoms with van der Waals surface area (Å²) in [5, 5.41) is 4.05. The van der Waals surface area contributed by atoms with E-state index in [1.54, 1.807) is 23.9 Å². The molecule has 0 saturated heterocycles. The van der Waals surface area contributed by atoms with E-state index in [0.717, 1.165) is 5.56 Å². The van der Waals surface area contributed by atoms with Gasteiger partial charge in [-0.05, 0) is 42.7 Å². The maximum Gasteiger partial charge on any atom is 0.163 e. The predicted molar refractivity (Wildman–Crippen MR) is 67.0 cm³/mol. The maximum atomic E-state index is 12.9. The molecule has 0 N–H and O–H groups in total. The second-order valence-electron chi connectivity index (χ2n) is 4.40. The summed E-state index contributed by atoms with van der Waals surface area (Å²) in [5.74, 6) is -0.271. The molecule has 0 unspecified atom stereocenters. The lowest BCUT2D eigenvalue weighted by atomic mass is 10.0. The lowest BCUT2D eigenvalue weighted by Gasteiger charge is -2.04. The van der Waals surface area contributed by atoms with E-state index in [2.05, 4.69) is 5.10 Å². The molecule has 0 saturated carbocycles. The summed E-state index contributed by atoms with van der Waals surface area (Å²) in [7, 11) is 1.84. The normalized spacial score (nSPS) is 10.6. The first-order chi connectivity index (χ1) is 8.56. The van der Waals surface area contributed by atoms with Gasteiger partial charge in [-0.1, -0.05) is 0 Å². The minimum absolute atomic E-state index is 0.0383. The number of carbonyl (C=O) groups excluding carboxylic acids is 1. The van der Waals surface area contributed by atoms with E-state index >= 15 is 0 Å². The van der Waals surface area contributed by atoms with Crippen molar-refractivity contribution in [3.05, 3.63) is 53.1 Å². The molecule has 2 rings (SSSR count). The molecule has 0 spiro atoms. The van der Waals surface area contributed by atoms with E-state index in [1.807, 2.05) is 13.2 Å². The van der Waals surface area contributed by atoms with Gasteiger partial charge < -0.3 is 0 Å². The number of aromatic nitrogens is 2. The molecule has 1 aromatic heterocycles. The van der Waals surface area contributed by atoms with Crippen molar-refractivity contribution in [2.45, 2.75) is 19.8 Å². The molecule has 0 radical (unpaired) electrons. The van der Waals surface area contributed by atoms with Gasteiger partial charge in [-0.3, -0.25) is 9.48 Å². The summed E-state index contributed by atoms with van der Waals surface area (Å²) in [4.78, 5) is 12.0. The van der Waals surface area contributed by atoms with Crippen molar-refractivity contribution < 1.29 is 9.18 Å². The molecule has 94 valence electrons. The Kier molecular flexibility index (Phi) is 3.55. The first-order valence-corrected chi connectivity index (χ1v) is 5.83. The van der Waals surface area contributed by atoms with E-state index in [9.17, 15) is 9.18 Å². The number of Topliss-reactive ketones (excluding diaryl/α,β-unsaturated/α-hetero) is 1. The van der Waals surface area contributed by atoms with Crippen LogP contribution in [0.15, 0.2) is 30.6 Å². The van der Waals surface area contributed by atoms with Crippen molar-refractivity contribution in [2.75, 3.05) is 0 Å². The van der Waals surface area contributed by atoms with E-state index < -0.39 is 0 Å². The Bertz CT molecular complexity index is 575. The fraction of sp³-hybridized carbons (Fsp3) is 0.286. The molecule has 2 aromatic rings. The highest BCUT2D eigenvalue weighted by molar-refractivity contribution is 5.97. The van der Waals surface area contributed by atoms with Crippen molar-refractivity contribution in [1.29, 1.82) is 0 Å². The summed E-state index contributed by atoms with van der Waals surface area (Å²) < 4.78 is 14.7. The van der Waals surface area contributed by atoms with Crippen LogP contribution >= 0.6 is 0 Å². The predicted octanol–water partition coefficient (Wildman–Crippen LogP) is 2.68. The van der Waals surface area contributed by atoms with Crippen molar-refractivity contribution >= 4 is 5.78 Å². The van der Waals surface area contributed by atoms with Gasteiger partial charge in [-0.2, -0.15) is 5.10 Å². The van der Waals surface area contributed by atoms with Gasteiger partial charge in [-0.25, -0.2) is 4.39 Å². The number of ketones is 1.